The molecule has 0 unspecified atom stereocenters. The van der Waals surface area contributed by atoms with Gasteiger partial charge in [-0.1, -0.05) is 32.9 Å². The van der Waals surface area contributed by atoms with E-state index in [9.17, 15) is 23.9 Å². The van der Waals surface area contributed by atoms with Crippen LogP contribution in [0.25, 0.3) is 0 Å². The van der Waals surface area contributed by atoms with Crippen molar-refractivity contribution < 1.29 is 28.6 Å². The summed E-state index contributed by atoms with van der Waals surface area (Å²) < 4.78 is 18.8. The van der Waals surface area contributed by atoms with Gasteiger partial charge in [0, 0.05) is 6.54 Å². The Morgan fingerprint density at radius 1 is 1.18 bits per heavy atom. The summed E-state index contributed by atoms with van der Waals surface area (Å²) in [7, 11) is 0. The van der Waals surface area contributed by atoms with Crippen LogP contribution in [-0.2, 0) is 20.9 Å². The summed E-state index contributed by atoms with van der Waals surface area (Å²) in [6.07, 6.45) is -0.755. The van der Waals surface area contributed by atoms with E-state index in [4.69, 9.17) is 4.74 Å². The first kappa shape index (κ1) is 23.4. The first-order chi connectivity index (χ1) is 12.7. The van der Waals surface area contributed by atoms with Crippen molar-refractivity contribution in [2.75, 3.05) is 6.54 Å². The van der Waals surface area contributed by atoms with Crippen molar-refractivity contribution in [2.24, 2.45) is 5.41 Å². The average molecular weight is 396 g/mol. The van der Waals surface area contributed by atoms with Gasteiger partial charge in [-0.15, -0.1) is 0 Å². The zero-order chi connectivity index (χ0) is 21.7. The zero-order valence-corrected chi connectivity index (χ0v) is 17.2. The number of aliphatic carboxylic acids is 1. The van der Waals surface area contributed by atoms with E-state index >= 15 is 0 Å². The van der Waals surface area contributed by atoms with Crippen LogP contribution >= 0.6 is 0 Å². The fraction of sp³-hybridized carbons (Fsp3) is 0.550. The molecule has 0 aliphatic rings. The van der Waals surface area contributed by atoms with E-state index in [1.165, 1.54) is 18.2 Å². The number of amides is 2. The Bertz CT molecular complexity index is 722. The van der Waals surface area contributed by atoms with Gasteiger partial charge in [0.1, 0.15) is 24.0 Å². The molecule has 0 heterocycles. The molecule has 0 fully saturated rings. The monoisotopic (exact) mass is 396 g/mol. The largest absolute Gasteiger partial charge is 0.480 e. The molecule has 156 valence electrons. The van der Waals surface area contributed by atoms with Gasteiger partial charge in [0.2, 0.25) is 5.91 Å². The quantitative estimate of drug-likeness (QED) is 0.770. The molecule has 7 nitrogen and oxygen atoms in total. The Morgan fingerprint density at radius 2 is 1.79 bits per heavy atom. The topological polar surface area (TPSA) is 95.9 Å². The van der Waals surface area contributed by atoms with E-state index in [2.05, 4.69) is 5.32 Å². The molecule has 0 bridgehead atoms. The van der Waals surface area contributed by atoms with E-state index in [0.29, 0.717) is 5.56 Å². The molecular formula is C20H29FN2O5. The second-order valence-corrected chi connectivity index (χ2v) is 8.67. The highest BCUT2D eigenvalue weighted by Crippen LogP contribution is 2.20. The lowest BCUT2D eigenvalue weighted by atomic mass is 9.87. The minimum absolute atomic E-state index is 0.0622. The lowest BCUT2D eigenvalue weighted by Crippen LogP contribution is -2.52. The number of hydrogen-bond acceptors (Lipinski definition) is 4. The van der Waals surface area contributed by atoms with Crippen LogP contribution < -0.4 is 5.32 Å². The molecular weight excluding hydrogens is 367 g/mol. The SMILES string of the molecule is CC(C)(C)OC(=O)N(CC(=O)N[C@H](C(=O)O)C(C)(C)C)Cc1cccc(F)c1. The molecule has 0 saturated carbocycles. The molecule has 0 aromatic heterocycles. The third-order valence-electron chi connectivity index (χ3n) is 3.67. The molecule has 28 heavy (non-hydrogen) atoms. The highest BCUT2D eigenvalue weighted by Gasteiger charge is 2.33. The predicted octanol–water partition coefficient (Wildman–Crippen LogP) is 3.18. The van der Waals surface area contributed by atoms with Crippen LogP contribution in [0.2, 0.25) is 0 Å². The molecule has 0 aliphatic carbocycles. The zero-order valence-electron chi connectivity index (χ0n) is 17.2. The molecule has 0 spiro atoms. The van der Waals surface area contributed by atoms with Gasteiger partial charge in [0.25, 0.3) is 0 Å². The van der Waals surface area contributed by atoms with Crippen molar-refractivity contribution in [1.82, 2.24) is 10.2 Å². The Kier molecular flexibility index (Phi) is 7.55. The maximum atomic E-state index is 13.5. The van der Waals surface area contributed by atoms with Crippen molar-refractivity contribution in [3.8, 4) is 0 Å². The van der Waals surface area contributed by atoms with E-state index in [-0.39, 0.29) is 6.54 Å². The molecule has 1 atom stereocenters. The second-order valence-electron chi connectivity index (χ2n) is 8.67. The third-order valence-corrected chi connectivity index (χ3v) is 3.67. The number of nitrogens with zero attached hydrogens (tertiary/aromatic N) is 1. The van der Waals surface area contributed by atoms with E-state index in [1.54, 1.807) is 47.6 Å². The number of carbonyl (C=O) groups is 3. The number of ether oxygens (including phenoxy) is 1. The number of benzene rings is 1. The number of halogens is 1. The minimum Gasteiger partial charge on any atom is -0.480 e. The summed E-state index contributed by atoms with van der Waals surface area (Å²) >= 11 is 0. The summed E-state index contributed by atoms with van der Waals surface area (Å²) in [6, 6.07) is 4.51. The standard InChI is InChI=1S/C20H29FN2O5/c1-19(2,3)16(17(25)26)22-15(24)12-23(18(27)28-20(4,5)6)11-13-8-7-9-14(21)10-13/h7-10,16H,11-12H2,1-6H3,(H,22,24)(H,25,26)/t16-/m1/s1. The maximum absolute atomic E-state index is 13.5. The number of carbonyl (C=O) groups excluding carboxylic acids is 2. The van der Waals surface area contributed by atoms with Crippen LogP contribution in [0, 0.1) is 11.2 Å². The molecule has 0 saturated heterocycles. The highest BCUT2D eigenvalue weighted by molar-refractivity contribution is 5.87. The van der Waals surface area contributed by atoms with E-state index in [0.717, 1.165) is 4.90 Å². The first-order valence-corrected chi connectivity index (χ1v) is 8.93. The normalized spacial score (nSPS) is 12.8. The molecule has 2 N–H and O–H groups in total. The van der Waals surface area contributed by atoms with Crippen molar-refractivity contribution in [2.45, 2.75) is 59.7 Å². The third kappa shape index (κ3) is 7.94. The van der Waals surface area contributed by atoms with Gasteiger partial charge in [-0.2, -0.15) is 0 Å². The molecule has 1 rings (SSSR count). The Hall–Kier alpha value is -2.64. The van der Waals surface area contributed by atoms with Crippen LogP contribution in [0.15, 0.2) is 24.3 Å². The molecule has 1 aromatic carbocycles. The van der Waals surface area contributed by atoms with Crippen LogP contribution in [0.3, 0.4) is 0 Å². The fourth-order valence-corrected chi connectivity index (χ4v) is 2.40. The van der Waals surface area contributed by atoms with Gasteiger partial charge in [0.05, 0.1) is 0 Å². The minimum atomic E-state index is -1.17. The van der Waals surface area contributed by atoms with Gasteiger partial charge in [0.15, 0.2) is 0 Å². The van der Waals surface area contributed by atoms with Crippen molar-refractivity contribution >= 4 is 18.0 Å². The molecule has 8 heteroatoms. The summed E-state index contributed by atoms with van der Waals surface area (Å²) in [6.45, 7) is 9.63. The van der Waals surface area contributed by atoms with Crippen molar-refractivity contribution in [3.05, 3.63) is 35.6 Å². The molecule has 0 aliphatic heterocycles. The van der Waals surface area contributed by atoms with E-state index < -0.39 is 47.4 Å². The second kappa shape index (κ2) is 9.03. The lowest BCUT2D eigenvalue weighted by Gasteiger charge is -2.30. The van der Waals surface area contributed by atoms with Gasteiger partial charge in [-0.3, -0.25) is 9.69 Å². The molecule has 1 aromatic rings. The van der Waals surface area contributed by atoms with Crippen LogP contribution in [0.4, 0.5) is 9.18 Å². The maximum Gasteiger partial charge on any atom is 0.411 e. The van der Waals surface area contributed by atoms with Gasteiger partial charge in [-0.05, 0) is 43.9 Å². The number of carboxylic acids is 1. The molecule has 2 amide bonds. The van der Waals surface area contributed by atoms with Crippen LogP contribution in [-0.4, -0.2) is 46.2 Å². The fourth-order valence-electron chi connectivity index (χ4n) is 2.40. The number of nitrogens with one attached hydrogen (secondary N) is 1. The van der Waals surface area contributed by atoms with Crippen LogP contribution in [0.5, 0.6) is 0 Å². The Balaban J connectivity index is 2.99. The van der Waals surface area contributed by atoms with Gasteiger partial charge < -0.3 is 15.2 Å². The smallest absolute Gasteiger partial charge is 0.411 e. The summed E-state index contributed by atoms with van der Waals surface area (Å²) in [5.41, 5.74) is -1.03. The molecule has 0 radical (unpaired) electrons. The van der Waals surface area contributed by atoms with Gasteiger partial charge >= 0.3 is 12.1 Å². The summed E-state index contributed by atoms with van der Waals surface area (Å²) in [4.78, 5) is 37.5. The Morgan fingerprint density at radius 3 is 2.25 bits per heavy atom. The summed E-state index contributed by atoms with van der Waals surface area (Å²) in [5, 5.41) is 11.8. The van der Waals surface area contributed by atoms with Crippen LogP contribution in [0.1, 0.15) is 47.1 Å². The predicted molar refractivity (Wildman–Crippen MR) is 102 cm³/mol. The number of carboxylic acid groups (broad SMARTS) is 1. The van der Waals surface area contributed by atoms with Gasteiger partial charge in [-0.25, -0.2) is 14.0 Å². The highest BCUT2D eigenvalue weighted by atomic mass is 19.1. The first-order valence-electron chi connectivity index (χ1n) is 8.93. The van der Waals surface area contributed by atoms with Crippen molar-refractivity contribution in [3.63, 3.8) is 0 Å². The van der Waals surface area contributed by atoms with E-state index in [1.807, 2.05) is 0 Å². The lowest BCUT2D eigenvalue weighted by molar-refractivity contribution is -0.145. The number of hydrogen-bond donors (Lipinski definition) is 2. The number of rotatable bonds is 6. The Labute approximate surface area is 164 Å². The average Bonchev–Trinajstić information content (AvgIpc) is 2.49. The van der Waals surface area contributed by atoms with Crippen molar-refractivity contribution in [1.29, 1.82) is 0 Å². The summed E-state index contributed by atoms with van der Waals surface area (Å²) in [5.74, 6) is -2.29.